The van der Waals surface area contributed by atoms with Crippen LogP contribution in [0.3, 0.4) is 0 Å². The molecule has 0 aliphatic rings. The van der Waals surface area contributed by atoms with Crippen molar-refractivity contribution in [3.05, 3.63) is 29.8 Å². The number of esters is 1. The van der Waals surface area contributed by atoms with Crippen LogP contribution in [0, 0.1) is 0 Å². The van der Waals surface area contributed by atoms with Gasteiger partial charge in [0.25, 0.3) is 5.91 Å². The van der Waals surface area contributed by atoms with Crippen molar-refractivity contribution in [3.63, 3.8) is 0 Å². The number of benzene rings is 1. The summed E-state index contributed by atoms with van der Waals surface area (Å²) in [6.45, 7) is 2.31. The molecule has 0 spiro atoms. The average molecular weight is 264 g/mol. The monoisotopic (exact) mass is 264 g/mol. The Morgan fingerprint density at radius 2 is 1.84 bits per heavy atom. The molecule has 0 fully saturated rings. The van der Waals surface area contributed by atoms with Gasteiger partial charge in [0.2, 0.25) is 0 Å². The van der Waals surface area contributed by atoms with Gasteiger partial charge in [0, 0.05) is 26.3 Å². The molecule has 0 atom stereocenters. The number of anilines is 1. The second-order valence-electron chi connectivity index (χ2n) is 4.37. The molecule has 1 N–H and O–H groups in total. The van der Waals surface area contributed by atoms with Crippen molar-refractivity contribution in [1.82, 2.24) is 5.32 Å². The SMILES string of the molecule is CCCNC(=O)COC(=O)c1ccc(N(C)C)cc1. The van der Waals surface area contributed by atoms with Gasteiger partial charge in [0.15, 0.2) is 6.61 Å². The largest absolute Gasteiger partial charge is 0.452 e. The average Bonchev–Trinajstić information content (AvgIpc) is 2.42. The van der Waals surface area contributed by atoms with Crippen molar-refractivity contribution in [3.8, 4) is 0 Å². The highest BCUT2D eigenvalue weighted by Crippen LogP contribution is 2.12. The maximum absolute atomic E-state index is 11.7. The normalized spacial score (nSPS) is 9.84. The Labute approximate surface area is 113 Å². The van der Waals surface area contributed by atoms with Crippen molar-refractivity contribution in [2.75, 3.05) is 32.1 Å². The molecule has 19 heavy (non-hydrogen) atoms. The third kappa shape index (κ3) is 4.99. The van der Waals surface area contributed by atoms with Gasteiger partial charge in [0.1, 0.15) is 0 Å². The summed E-state index contributed by atoms with van der Waals surface area (Å²) in [7, 11) is 3.84. The van der Waals surface area contributed by atoms with Gasteiger partial charge in [-0.3, -0.25) is 4.79 Å². The predicted molar refractivity (Wildman–Crippen MR) is 74.4 cm³/mol. The molecule has 0 aromatic heterocycles. The van der Waals surface area contributed by atoms with Crippen molar-refractivity contribution >= 4 is 17.6 Å². The van der Waals surface area contributed by atoms with Gasteiger partial charge in [-0.25, -0.2) is 4.79 Å². The van der Waals surface area contributed by atoms with E-state index in [1.807, 2.05) is 38.1 Å². The molecule has 5 nitrogen and oxygen atoms in total. The lowest BCUT2D eigenvalue weighted by Gasteiger charge is -2.12. The number of amides is 1. The molecule has 0 heterocycles. The molecule has 1 rings (SSSR count). The third-order valence-electron chi connectivity index (χ3n) is 2.53. The minimum atomic E-state index is -0.489. The Bertz CT molecular complexity index is 427. The highest BCUT2D eigenvalue weighted by molar-refractivity contribution is 5.91. The van der Waals surface area contributed by atoms with E-state index >= 15 is 0 Å². The molecule has 1 aromatic rings. The van der Waals surface area contributed by atoms with Gasteiger partial charge in [0.05, 0.1) is 5.56 Å². The molecular formula is C14H20N2O3. The van der Waals surface area contributed by atoms with Crippen molar-refractivity contribution in [2.45, 2.75) is 13.3 Å². The fourth-order valence-corrected chi connectivity index (χ4v) is 1.43. The molecule has 104 valence electrons. The number of hydrogen-bond acceptors (Lipinski definition) is 4. The van der Waals surface area contributed by atoms with E-state index < -0.39 is 5.97 Å². The van der Waals surface area contributed by atoms with E-state index in [9.17, 15) is 9.59 Å². The molecule has 0 aliphatic carbocycles. The minimum Gasteiger partial charge on any atom is -0.452 e. The summed E-state index contributed by atoms with van der Waals surface area (Å²) in [4.78, 5) is 24.9. The Morgan fingerprint density at radius 1 is 1.21 bits per heavy atom. The van der Waals surface area contributed by atoms with Gasteiger partial charge in [-0.15, -0.1) is 0 Å². The molecule has 0 aliphatic heterocycles. The molecule has 1 aromatic carbocycles. The van der Waals surface area contributed by atoms with Crippen LogP contribution in [0.25, 0.3) is 0 Å². The van der Waals surface area contributed by atoms with Crippen LogP contribution in [-0.2, 0) is 9.53 Å². The van der Waals surface area contributed by atoms with Crippen LogP contribution in [0.15, 0.2) is 24.3 Å². The van der Waals surface area contributed by atoms with E-state index in [1.54, 1.807) is 12.1 Å². The maximum atomic E-state index is 11.7. The van der Waals surface area contributed by atoms with Gasteiger partial charge in [-0.05, 0) is 30.7 Å². The molecule has 0 saturated carbocycles. The van der Waals surface area contributed by atoms with Crippen LogP contribution in [0.1, 0.15) is 23.7 Å². The van der Waals surface area contributed by atoms with E-state index in [1.165, 1.54) is 0 Å². The summed E-state index contributed by atoms with van der Waals surface area (Å²) in [6.07, 6.45) is 0.853. The number of carbonyl (C=O) groups excluding carboxylic acids is 2. The van der Waals surface area contributed by atoms with Gasteiger partial charge < -0.3 is 15.0 Å². The quantitative estimate of drug-likeness (QED) is 0.790. The highest BCUT2D eigenvalue weighted by Gasteiger charge is 2.09. The first kappa shape index (κ1) is 15.0. The van der Waals surface area contributed by atoms with Gasteiger partial charge in [-0.1, -0.05) is 6.92 Å². The lowest BCUT2D eigenvalue weighted by atomic mass is 10.2. The summed E-state index contributed by atoms with van der Waals surface area (Å²) < 4.78 is 4.92. The molecule has 5 heteroatoms. The number of carbonyl (C=O) groups is 2. The first-order valence-electron chi connectivity index (χ1n) is 6.25. The number of ether oxygens (including phenoxy) is 1. The predicted octanol–water partition coefficient (Wildman–Crippen LogP) is 1.44. The van der Waals surface area contributed by atoms with Crippen molar-refractivity contribution < 1.29 is 14.3 Å². The van der Waals surface area contributed by atoms with Crippen LogP contribution in [-0.4, -0.2) is 39.1 Å². The molecule has 1 amide bonds. The molecule has 0 saturated heterocycles. The molecule has 0 radical (unpaired) electrons. The van der Waals surface area contributed by atoms with E-state index in [0.717, 1.165) is 12.1 Å². The van der Waals surface area contributed by atoms with Crippen molar-refractivity contribution in [2.24, 2.45) is 0 Å². The second-order valence-corrected chi connectivity index (χ2v) is 4.37. The Morgan fingerprint density at radius 3 is 2.37 bits per heavy atom. The van der Waals surface area contributed by atoms with Gasteiger partial charge >= 0.3 is 5.97 Å². The topological polar surface area (TPSA) is 58.6 Å². The van der Waals surface area contributed by atoms with E-state index in [0.29, 0.717) is 12.1 Å². The Hall–Kier alpha value is -2.04. The summed E-state index contributed by atoms with van der Waals surface area (Å²) in [5.74, 6) is -0.767. The van der Waals surface area contributed by atoms with Crippen LogP contribution < -0.4 is 10.2 Å². The zero-order valence-corrected chi connectivity index (χ0v) is 11.6. The maximum Gasteiger partial charge on any atom is 0.338 e. The molecule has 0 unspecified atom stereocenters. The van der Waals surface area contributed by atoms with Crippen molar-refractivity contribution in [1.29, 1.82) is 0 Å². The van der Waals surface area contributed by atoms with Gasteiger partial charge in [-0.2, -0.15) is 0 Å². The Balaban J connectivity index is 2.47. The number of nitrogens with zero attached hydrogens (tertiary/aromatic N) is 1. The fraction of sp³-hybridized carbons (Fsp3) is 0.429. The zero-order chi connectivity index (χ0) is 14.3. The summed E-state index contributed by atoms with van der Waals surface area (Å²) in [5, 5.41) is 2.64. The fourth-order valence-electron chi connectivity index (χ4n) is 1.43. The number of nitrogens with one attached hydrogen (secondary N) is 1. The Kier molecular flexibility index (Phi) is 5.85. The zero-order valence-electron chi connectivity index (χ0n) is 11.6. The van der Waals surface area contributed by atoms with Crippen LogP contribution >= 0.6 is 0 Å². The number of hydrogen-bond donors (Lipinski definition) is 1. The molecular weight excluding hydrogens is 244 g/mol. The van der Waals surface area contributed by atoms with Crippen LogP contribution in [0.4, 0.5) is 5.69 Å². The smallest absolute Gasteiger partial charge is 0.338 e. The van der Waals surface area contributed by atoms with E-state index in [2.05, 4.69) is 5.32 Å². The standard InChI is InChI=1S/C14H20N2O3/c1-4-9-15-13(17)10-19-14(18)11-5-7-12(8-6-11)16(2)3/h5-8H,4,9-10H2,1-3H3,(H,15,17). The first-order chi connectivity index (χ1) is 9.04. The van der Waals surface area contributed by atoms with Crippen LogP contribution in [0.5, 0.6) is 0 Å². The summed E-state index contributed by atoms with van der Waals surface area (Å²) in [5.41, 5.74) is 1.44. The van der Waals surface area contributed by atoms with E-state index in [-0.39, 0.29) is 12.5 Å². The third-order valence-corrected chi connectivity index (χ3v) is 2.53. The first-order valence-corrected chi connectivity index (χ1v) is 6.25. The van der Waals surface area contributed by atoms with E-state index in [4.69, 9.17) is 4.74 Å². The number of rotatable bonds is 6. The van der Waals surface area contributed by atoms with Crippen LogP contribution in [0.2, 0.25) is 0 Å². The lowest BCUT2D eigenvalue weighted by molar-refractivity contribution is -0.124. The summed E-state index contributed by atoms with van der Waals surface area (Å²) >= 11 is 0. The second kappa shape index (κ2) is 7.41. The summed E-state index contributed by atoms with van der Waals surface area (Å²) in [6, 6.07) is 7.02. The highest BCUT2D eigenvalue weighted by atomic mass is 16.5. The minimum absolute atomic E-state index is 0.242. The molecule has 0 bridgehead atoms. The lowest BCUT2D eigenvalue weighted by Crippen LogP contribution is -2.29.